The quantitative estimate of drug-likeness (QED) is 0.786. The van der Waals surface area contributed by atoms with Gasteiger partial charge >= 0.3 is 0 Å². The van der Waals surface area contributed by atoms with E-state index in [1.54, 1.807) is 0 Å². The molecule has 1 unspecified atom stereocenters. The highest BCUT2D eigenvalue weighted by Gasteiger charge is 2.05. The minimum absolute atomic E-state index is 0.0996. The van der Waals surface area contributed by atoms with Crippen molar-refractivity contribution >= 4 is 5.76 Å². The Bertz CT molecular complexity index is 581. The molecule has 0 bridgehead atoms. The number of hydrogen-bond donors (Lipinski definition) is 1. The minimum atomic E-state index is 0.0996. The van der Waals surface area contributed by atoms with Crippen molar-refractivity contribution in [2.75, 3.05) is 13.6 Å². The summed E-state index contributed by atoms with van der Waals surface area (Å²) in [7, 11) is 1.91. The molecule has 3 nitrogen and oxygen atoms in total. The zero-order valence-corrected chi connectivity index (χ0v) is 12.5. The molecule has 1 N–H and O–H groups in total. The molecule has 0 saturated heterocycles. The predicted octanol–water partition coefficient (Wildman–Crippen LogP) is 3.72. The van der Waals surface area contributed by atoms with Crippen LogP contribution in [0.4, 0.5) is 0 Å². The Kier molecular flexibility index (Phi) is 5.41. The average molecular weight is 283 g/mol. The Hall–Kier alpha value is -2.26. The second kappa shape index (κ2) is 7.50. The Balaban J connectivity index is 2.02. The highest BCUT2D eigenvalue weighted by Crippen LogP contribution is 2.24. The van der Waals surface area contributed by atoms with Gasteiger partial charge in [-0.1, -0.05) is 43.0 Å². The fourth-order valence-corrected chi connectivity index (χ4v) is 2.00. The smallest absolute Gasteiger partial charge is 0.131 e. The summed E-state index contributed by atoms with van der Waals surface area (Å²) in [5, 5.41) is 3.09. The summed E-state index contributed by atoms with van der Waals surface area (Å²) in [5.41, 5.74) is 0.965. The Morgan fingerprint density at radius 2 is 1.81 bits per heavy atom. The number of nitrogens with one attached hydrogen (secondary N) is 1. The van der Waals surface area contributed by atoms with E-state index in [4.69, 9.17) is 9.47 Å². The number of hydrogen-bond acceptors (Lipinski definition) is 3. The maximum Gasteiger partial charge on any atom is 0.131 e. The van der Waals surface area contributed by atoms with E-state index in [2.05, 4.69) is 11.9 Å². The lowest BCUT2D eigenvalue weighted by Gasteiger charge is -2.15. The van der Waals surface area contributed by atoms with Gasteiger partial charge in [0.15, 0.2) is 0 Å². The molecule has 1 atom stereocenters. The van der Waals surface area contributed by atoms with Gasteiger partial charge in [0, 0.05) is 18.2 Å². The van der Waals surface area contributed by atoms with Crippen molar-refractivity contribution in [1.82, 2.24) is 5.32 Å². The lowest BCUT2D eigenvalue weighted by atomic mass is 10.2. The lowest BCUT2D eigenvalue weighted by molar-refractivity contribution is 0.220. The summed E-state index contributed by atoms with van der Waals surface area (Å²) in [5.74, 6) is 2.13. The predicted molar refractivity (Wildman–Crippen MR) is 86.6 cm³/mol. The SMILES string of the molecule is C=C(Oc1cccc(OC(C)CNC)c1)c1ccccc1. The van der Waals surface area contributed by atoms with Gasteiger partial charge in [0.25, 0.3) is 0 Å². The number of ether oxygens (including phenoxy) is 2. The van der Waals surface area contributed by atoms with Crippen molar-refractivity contribution in [3.8, 4) is 11.5 Å². The first-order chi connectivity index (χ1) is 10.2. The largest absolute Gasteiger partial charge is 0.489 e. The first-order valence-electron chi connectivity index (χ1n) is 7.02. The van der Waals surface area contributed by atoms with E-state index in [-0.39, 0.29) is 6.10 Å². The normalized spacial score (nSPS) is 11.7. The Morgan fingerprint density at radius 1 is 1.10 bits per heavy atom. The topological polar surface area (TPSA) is 30.5 Å². The molecular weight excluding hydrogens is 262 g/mol. The molecule has 0 aromatic heterocycles. The highest BCUT2D eigenvalue weighted by molar-refractivity contribution is 5.59. The maximum absolute atomic E-state index is 5.81. The molecule has 0 amide bonds. The highest BCUT2D eigenvalue weighted by atomic mass is 16.5. The van der Waals surface area contributed by atoms with Gasteiger partial charge in [-0.3, -0.25) is 0 Å². The number of likely N-dealkylation sites (N-methyl/N-ethyl adjacent to an activating group) is 1. The van der Waals surface area contributed by atoms with Gasteiger partial charge in [-0.05, 0) is 26.1 Å². The van der Waals surface area contributed by atoms with Crippen LogP contribution in [0.15, 0.2) is 61.2 Å². The van der Waals surface area contributed by atoms with Crippen LogP contribution in [0, 0.1) is 0 Å². The fourth-order valence-electron chi connectivity index (χ4n) is 2.00. The molecule has 2 rings (SSSR count). The van der Waals surface area contributed by atoms with Crippen molar-refractivity contribution < 1.29 is 9.47 Å². The van der Waals surface area contributed by atoms with Gasteiger partial charge in [0.1, 0.15) is 23.4 Å². The van der Waals surface area contributed by atoms with E-state index >= 15 is 0 Å². The maximum atomic E-state index is 5.81. The van der Waals surface area contributed by atoms with Crippen LogP contribution in [0.5, 0.6) is 11.5 Å². The first kappa shape index (κ1) is 15.1. The number of rotatable bonds is 7. The van der Waals surface area contributed by atoms with Crippen LogP contribution in [0.3, 0.4) is 0 Å². The van der Waals surface area contributed by atoms with Crippen molar-refractivity contribution in [2.24, 2.45) is 0 Å². The zero-order chi connectivity index (χ0) is 15.1. The van der Waals surface area contributed by atoms with Gasteiger partial charge in [-0.15, -0.1) is 0 Å². The second-order valence-electron chi connectivity index (χ2n) is 4.85. The van der Waals surface area contributed by atoms with Crippen molar-refractivity contribution in [3.05, 3.63) is 66.7 Å². The molecule has 3 heteroatoms. The van der Waals surface area contributed by atoms with Crippen LogP contribution in [-0.4, -0.2) is 19.7 Å². The van der Waals surface area contributed by atoms with Crippen LogP contribution >= 0.6 is 0 Å². The molecule has 0 heterocycles. The summed E-state index contributed by atoms with van der Waals surface area (Å²) >= 11 is 0. The summed E-state index contributed by atoms with van der Waals surface area (Å²) in [6.45, 7) is 6.78. The molecule has 110 valence electrons. The summed E-state index contributed by atoms with van der Waals surface area (Å²) < 4.78 is 11.6. The van der Waals surface area contributed by atoms with Gasteiger partial charge in [-0.2, -0.15) is 0 Å². The second-order valence-corrected chi connectivity index (χ2v) is 4.85. The van der Waals surface area contributed by atoms with Gasteiger partial charge in [-0.25, -0.2) is 0 Å². The standard InChI is InChI=1S/C18H21NO2/c1-14(13-19-3)20-17-10-7-11-18(12-17)21-15(2)16-8-5-4-6-9-16/h4-12,14,19H,2,13H2,1,3H3. The summed E-state index contributed by atoms with van der Waals surface area (Å²) in [6, 6.07) is 17.4. The van der Waals surface area contributed by atoms with Gasteiger partial charge in [0.2, 0.25) is 0 Å². The van der Waals surface area contributed by atoms with E-state index in [9.17, 15) is 0 Å². The van der Waals surface area contributed by atoms with E-state index in [1.807, 2.05) is 68.6 Å². The molecule has 0 aliphatic carbocycles. The Labute approximate surface area is 126 Å². The van der Waals surface area contributed by atoms with Gasteiger partial charge in [0.05, 0.1) is 0 Å². The molecule has 0 aliphatic heterocycles. The van der Waals surface area contributed by atoms with Crippen LogP contribution < -0.4 is 14.8 Å². The third-order valence-corrected chi connectivity index (χ3v) is 2.97. The third-order valence-electron chi connectivity index (χ3n) is 2.97. The molecular formula is C18H21NO2. The summed E-state index contributed by atoms with van der Waals surface area (Å²) in [6.07, 6.45) is 0.0996. The monoisotopic (exact) mass is 283 g/mol. The molecule has 2 aromatic rings. The molecule has 0 radical (unpaired) electrons. The van der Waals surface area contributed by atoms with Crippen molar-refractivity contribution in [2.45, 2.75) is 13.0 Å². The van der Waals surface area contributed by atoms with Crippen LogP contribution in [0.25, 0.3) is 5.76 Å². The van der Waals surface area contributed by atoms with Crippen LogP contribution in [0.2, 0.25) is 0 Å². The Morgan fingerprint density at radius 3 is 2.52 bits per heavy atom. The van der Waals surface area contributed by atoms with Crippen molar-refractivity contribution in [3.63, 3.8) is 0 Å². The lowest BCUT2D eigenvalue weighted by Crippen LogP contribution is -2.25. The number of benzene rings is 2. The molecule has 0 fully saturated rings. The van der Waals surface area contributed by atoms with E-state index < -0.39 is 0 Å². The first-order valence-corrected chi connectivity index (χ1v) is 7.02. The van der Waals surface area contributed by atoms with E-state index in [1.165, 1.54) is 0 Å². The van der Waals surface area contributed by atoms with Crippen LogP contribution in [-0.2, 0) is 0 Å². The fraction of sp³-hybridized carbons (Fsp3) is 0.222. The molecule has 0 spiro atoms. The minimum Gasteiger partial charge on any atom is -0.489 e. The van der Waals surface area contributed by atoms with Crippen molar-refractivity contribution in [1.29, 1.82) is 0 Å². The van der Waals surface area contributed by atoms with E-state index in [0.717, 1.165) is 23.6 Å². The zero-order valence-electron chi connectivity index (χ0n) is 12.5. The molecule has 21 heavy (non-hydrogen) atoms. The van der Waals surface area contributed by atoms with E-state index in [0.29, 0.717) is 5.76 Å². The molecule has 0 aliphatic rings. The van der Waals surface area contributed by atoms with Crippen LogP contribution in [0.1, 0.15) is 12.5 Å². The van der Waals surface area contributed by atoms with Gasteiger partial charge < -0.3 is 14.8 Å². The molecule has 2 aromatic carbocycles. The third kappa shape index (κ3) is 4.65. The average Bonchev–Trinajstić information content (AvgIpc) is 2.48. The summed E-state index contributed by atoms with van der Waals surface area (Å²) in [4.78, 5) is 0. The molecule has 0 saturated carbocycles.